The molecule has 2 nitrogen and oxygen atoms in total. The van der Waals surface area contributed by atoms with E-state index in [4.69, 9.17) is 5.73 Å². The van der Waals surface area contributed by atoms with E-state index >= 15 is 0 Å². The van der Waals surface area contributed by atoms with Gasteiger partial charge in [-0.25, -0.2) is 4.98 Å². The second-order valence-corrected chi connectivity index (χ2v) is 4.16. The fourth-order valence-corrected chi connectivity index (χ4v) is 2.13. The maximum Gasteiger partial charge on any atom is 0.114 e. The predicted molar refractivity (Wildman–Crippen MR) is 61.3 cm³/mol. The molecule has 1 heterocycles. The van der Waals surface area contributed by atoms with Crippen molar-refractivity contribution in [3.8, 4) is 11.3 Å². The van der Waals surface area contributed by atoms with Gasteiger partial charge in [0.1, 0.15) is 10.7 Å². The third kappa shape index (κ3) is 1.63. The SMILES string of the molecule is CCc1nc(-c2ccccc2)c(N)s1. The highest BCUT2D eigenvalue weighted by Crippen LogP contribution is 2.30. The van der Waals surface area contributed by atoms with Crippen LogP contribution in [0.15, 0.2) is 30.3 Å². The van der Waals surface area contributed by atoms with Crippen molar-refractivity contribution in [1.82, 2.24) is 4.98 Å². The molecule has 2 aromatic rings. The van der Waals surface area contributed by atoms with Gasteiger partial charge in [0, 0.05) is 5.56 Å². The highest BCUT2D eigenvalue weighted by atomic mass is 32.1. The number of aromatic nitrogens is 1. The first-order chi connectivity index (χ1) is 6.81. The molecule has 1 aromatic carbocycles. The highest BCUT2D eigenvalue weighted by molar-refractivity contribution is 7.16. The van der Waals surface area contributed by atoms with Gasteiger partial charge in [0.2, 0.25) is 0 Å². The molecule has 0 aliphatic carbocycles. The molecule has 0 unspecified atom stereocenters. The largest absolute Gasteiger partial charge is 0.389 e. The second-order valence-electron chi connectivity index (χ2n) is 3.04. The van der Waals surface area contributed by atoms with Crippen molar-refractivity contribution < 1.29 is 0 Å². The average molecular weight is 204 g/mol. The lowest BCUT2D eigenvalue weighted by Gasteiger charge is -1.96. The lowest BCUT2D eigenvalue weighted by Crippen LogP contribution is -1.85. The van der Waals surface area contributed by atoms with Crippen molar-refractivity contribution in [2.75, 3.05) is 5.73 Å². The van der Waals surface area contributed by atoms with Crippen molar-refractivity contribution in [2.45, 2.75) is 13.3 Å². The minimum absolute atomic E-state index is 0.813. The van der Waals surface area contributed by atoms with Gasteiger partial charge in [-0.3, -0.25) is 0 Å². The van der Waals surface area contributed by atoms with E-state index in [1.165, 1.54) is 0 Å². The summed E-state index contributed by atoms with van der Waals surface area (Å²) in [5.74, 6) is 0. The van der Waals surface area contributed by atoms with Crippen molar-refractivity contribution in [3.63, 3.8) is 0 Å². The number of nitrogen functional groups attached to an aromatic ring is 1. The van der Waals surface area contributed by atoms with E-state index in [2.05, 4.69) is 11.9 Å². The average Bonchev–Trinajstić information content (AvgIpc) is 2.61. The molecule has 72 valence electrons. The molecule has 2 rings (SSSR count). The van der Waals surface area contributed by atoms with Gasteiger partial charge in [0.25, 0.3) is 0 Å². The predicted octanol–water partition coefficient (Wildman–Crippen LogP) is 2.95. The zero-order valence-corrected chi connectivity index (χ0v) is 8.84. The molecule has 1 aromatic heterocycles. The third-order valence-corrected chi connectivity index (χ3v) is 3.08. The molecule has 0 amide bonds. The maximum absolute atomic E-state index is 5.90. The fraction of sp³-hybridized carbons (Fsp3) is 0.182. The lowest BCUT2D eigenvalue weighted by atomic mass is 10.2. The summed E-state index contributed by atoms with van der Waals surface area (Å²) in [6.45, 7) is 2.09. The lowest BCUT2D eigenvalue weighted by molar-refractivity contribution is 1.10. The summed E-state index contributed by atoms with van der Waals surface area (Å²) >= 11 is 1.58. The first-order valence-corrected chi connectivity index (χ1v) is 5.43. The first-order valence-electron chi connectivity index (χ1n) is 4.62. The van der Waals surface area contributed by atoms with Crippen molar-refractivity contribution >= 4 is 16.3 Å². The molecule has 0 bridgehead atoms. The standard InChI is InChI=1S/C11H12N2S/c1-2-9-13-10(11(12)14-9)8-6-4-3-5-7-8/h3-7H,2,12H2,1H3. The fourth-order valence-electron chi connectivity index (χ4n) is 1.33. The number of hydrogen-bond acceptors (Lipinski definition) is 3. The Morgan fingerprint density at radius 2 is 2.00 bits per heavy atom. The summed E-state index contributed by atoms with van der Waals surface area (Å²) in [5, 5.41) is 1.91. The van der Waals surface area contributed by atoms with Gasteiger partial charge in [-0.1, -0.05) is 37.3 Å². The highest BCUT2D eigenvalue weighted by Gasteiger charge is 2.08. The van der Waals surface area contributed by atoms with E-state index in [1.54, 1.807) is 11.3 Å². The molecule has 0 spiro atoms. The van der Waals surface area contributed by atoms with Crippen LogP contribution in [0.1, 0.15) is 11.9 Å². The maximum atomic E-state index is 5.90. The molecular formula is C11H12N2S. The molecule has 0 fully saturated rings. The summed E-state index contributed by atoms with van der Waals surface area (Å²) in [7, 11) is 0. The molecule has 0 saturated heterocycles. The van der Waals surface area contributed by atoms with Crippen LogP contribution in [0.5, 0.6) is 0 Å². The van der Waals surface area contributed by atoms with E-state index in [0.717, 1.165) is 27.7 Å². The van der Waals surface area contributed by atoms with Crippen LogP contribution in [0.3, 0.4) is 0 Å². The van der Waals surface area contributed by atoms with Gasteiger partial charge in [-0.15, -0.1) is 11.3 Å². The Kier molecular flexibility index (Phi) is 2.50. The monoisotopic (exact) mass is 204 g/mol. The van der Waals surface area contributed by atoms with Crippen LogP contribution < -0.4 is 5.73 Å². The van der Waals surface area contributed by atoms with Gasteiger partial charge in [-0.2, -0.15) is 0 Å². The number of nitrogens with zero attached hydrogens (tertiary/aromatic N) is 1. The van der Waals surface area contributed by atoms with Gasteiger partial charge in [-0.05, 0) is 6.42 Å². The summed E-state index contributed by atoms with van der Waals surface area (Å²) < 4.78 is 0. The van der Waals surface area contributed by atoms with E-state index in [9.17, 15) is 0 Å². The molecule has 0 radical (unpaired) electrons. The third-order valence-electron chi connectivity index (χ3n) is 2.05. The van der Waals surface area contributed by atoms with Crippen molar-refractivity contribution in [3.05, 3.63) is 35.3 Å². The molecule has 14 heavy (non-hydrogen) atoms. The minimum atomic E-state index is 0.813. The van der Waals surface area contributed by atoms with Crippen LogP contribution in [-0.2, 0) is 6.42 Å². The number of aryl methyl sites for hydroxylation is 1. The topological polar surface area (TPSA) is 38.9 Å². The van der Waals surface area contributed by atoms with Crippen LogP contribution in [-0.4, -0.2) is 4.98 Å². The van der Waals surface area contributed by atoms with Gasteiger partial charge in [0.15, 0.2) is 0 Å². The van der Waals surface area contributed by atoms with Crippen LogP contribution in [0.4, 0.5) is 5.00 Å². The number of anilines is 1. The molecule has 3 heteroatoms. The Morgan fingerprint density at radius 1 is 1.29 bits per heavy atom. The van der Waals surface area contributed by atoms with Crippen LogP contribution in [0.25, 0.3) is 11.3 Å². The number of hydrogen-bond donors (Lipinski definition) is 1. The van der Waals surface area contributed by atoms with Crippen molar-refractivity contribution in [1.29, 1.82) is 0 Å². The number of rotatable bonds is 2. The van der Waals surface area contributed by atoms with Gasteiger partial charge in [0.05, 0.1) is 5.01 Å². The van der Waals surface area contributed by atoms with E-state index < -0.39 is 0 Å². The Hall–Kier alpha value is -1.35. The van der Waals surface area contributed by atoms with Crippen molar-refractivity contribution in [2.24, 2.45) is 0 Å². The van der Waals surface area contributed by atoms with Gasteiger partial charge >= 0.3 is 0 Å². The molecule has 0 saturated carbocycles. The number of thiazole rings is 1. The normalized spacial score (nSPS) is 10.4. The zero-order valence-electron chi connectivity index (χ0n) is 8.03. The Morgan fingerprint density at radius 3 is 2.57 bits per heavy atom. The Labute approximate surface area is 87.4 Å². The second kappa shape index (κ2) is 3.80. The van der Waals surface area contributed by atoms with E-state index in [-0.39, 0.29) is 0 Å². The summed E-state index contributed by atoms with van der Waals surface area (Å²) in [5.41, 5.74) is 7.93. The molecule has 0 aliphatic heterocycles. The summed E-state index contributed by atoms with van der Waals surface area (Å²) in [6, 6.07) is 10.1. The molecule has 0 aliphatic rings. The Bertz CT molecular complexity index is 420. The summed E-state index contributed by atoms with van der Waals surface area (Å²) in [6.07, 6.45) is 0.946. The van der Waals surface area contributed by atoms with E-state index in [1.807, 2.05) is 30.3 Å². The Balaban J connectivity index is 2.46. The zero-order chi connectivity index (χ0) is 9.97. The van der Waals surface area contributed by atoms with Crippen LogP contribution in [0.2, 0.25) is 0 Å². The van der Waals surface area contributed by atoms with Gasteiger partial charge < -0.3 is 5.73 Å². The molecular weight excluding hydrogens is 192 g/mol. The number of nitrogens with two attached hydrogens (primary N) is 1. The minimum Gasteiger partial charge on any atom is -0.389 e. The van der Waals surface area contributed by atoms with E-state index in [0.29, 0.717) is 0 Å². The summed E-state index contributed by atoms with van der Waals surface area (Å²) in [4.78, 5) is 4.49. The molecule has 2 N–H and O–H groups in total. The van der Waals surface area contributed by atoms with Crippen LogP contribution in [0, 0.1) is 0 Å². The number of benzene rings is 1. The first kappa shape index (κ1) is 9.21. The van der Waals surface area contributed by atoms with Crippen LogP contribution >= 0.6 is 11.3 Å². The smallest absolute Gasteiger partial charge is 0.114 e. The quantitative estimate of drug-likeness (QED) is 0.816. The molecule has 0 atom stereocenters.